The zero-order valence-corrected chi connectivity index (χ0v) is 14.2. The maximum Gasteiger partial charge on any atom is 0.0406 e. The van der Waals surface area contributed by atoms with Gasteiger partial charge in [-0.15, -0.1) is 11.8 Å². The fraction of sp³-hybridized carbons (Fsp3) is 0.143. The highest BCUT2D eigenvalue weighted by molar-refractivity contribution is 7.99. The summed E-state index contributed by atoms with van der Waals surface area (Å²) in [5.41, 5.74) is 4.21. The van der Waals surface area contributed by atoms with E-state index in [0.29, 0.717) is 11.2 Å². The van der Waals surface area contributed by atoms with Gasteiger partial charge in [-0.2, -0.15) is 0 Å². The van der Waals surface area contributed by atoms with Crippen LogP contribution in [0.15, 0.2) is 83.8 Å². The molecule has 0 saturated heterocycles. The van der Waals surface area contributed by atoms with Gasteiger partial charge in [0, 0.05) is 21.1 Å². The lowest BCUT2D eigenvalue weighted by Crippen LogP contribution is -2.12. The second kappa shape index (κ2) is 6.43. The van der Waals surface area contributed by atoms with E-state index in [9.17, 15) is 0 Å². The molecule has 0 radical (unpaired) electrons. The van der Waals surface area contributed by atoms with E-state index in [0.717, 1.165) is 11.4 Å². The molecule has 0 N–H and O–H groups in total. The van der Waals surface area contributed by atoms with Gasteiger partial charge in [-0.05, 0) is 41.3 Å². The third-order valence-electron chi connectivity index (χ3n) is 4.46. The van der Waals surface area contributed by atoms with Gasteiger partial charge in [0.15, 0.2) is 0 Å². The number of benzene rings is 3. The van der Waals surface area contributed by atoms with E-state index in [1.165, 1.54) is 21.6 Å². The molecule has 1 heterocycles. The maximum atomic E-state index is 6.05. The Balaban J connectivity index is 1.75. The van der Waals surface area contributed by atoms with Crippen molar-refractivity contribution in [2.24, 2.45) is 0 Å². The predicted molar refractivity (Wildman–Crippen MR) is 99.4 cm³/mol. The van der Waals surface area contributed by atoms with E-state index in [-0.39, 0.29) is 0 Å². The maximum absolute atomic E-state index is 6.05. The molecule has 0 nitrogen and oxygen atoms in total. The fourth-order valence-electron chi connectivity index (χ4n) is 3.30. The van der Waals surface area contributed by atoms with Crippen LogP contribution in [0, 0.1) is 0 Å². The first kappa shape index (κ1) is 14.9. The Hall–Kier alpha value is -1.70. The van der Waals surface area contributed by atoms with Crippen LogP contribution in [-0.4, -0.2) is 0 Å². The molecule has 3 aromatic carbocycles. The molecule has 23 heavy (non-hydrogen) atoms. The molecule has 0 saturated carbocycles. The van der Waals surface area contributed by atoms with Crippen LogP contribution < -0.4 is 0 Å². The topological polar surface area (TPSA) is 0 Å². The molecule has 0 unspecified atom stereocenters. The average Bonchev–Trinajstić information content (AvgIpc) is 2.62. The van der Waals surface area contributed by atoms with Crippen LogP contribution in [0.5, 0.6) is 0 Å². The molecular weight excluding hydrogens is 320 g/mol. The minimum Gasteiger partial charge on any atom is -0.118 e. The number of halogens is 1. The molecule has 0 amide bonds. The van der Waals surface area contributed by atoms with Gasteiger partial charge in [-0.25, -0.2) is 0 Å². The van der Waals surface area contributed by atoms with Crippen molar-refractivity contribution in [1.82, 2.24) is 0 Å². The monoisotopic (exact) mass is 336 g/mol. The summed E-state index contributed by atoms with van der Waals surface area (Å²) in [6, 6.07) is 28.0. The summed E-state index contributed by atoms with van der Waals surface area (Å²) < 4.78 is 0. The molecule has 0 fully saturated rings. The molecule has 0 aromatic heterocycles. The van der Waals surface area contributed by atoms with E-state index in [1.807, 2.05) is 23.9 Å². The highest BCUT2D eigenvalue weighted by Gasteiger charge is 2.29. The smallest absolute Gasteiger partial charge is 0.0406 e. The third-order valence-corrected chi connectivity index (χ3v) is 6.08. The third kappa shape index (κ3) is 3.04. The molecular formula is C21H17ClS. The summed E-state index contributed by atoms with van der Waals surface area (Å²) in [6.07, 6.45) is 1.12. The van der Waals surface area contributed by atoms with Gasteiger partial charge in [-0.3, -0.25) is 0 Å². The SMILES string of the molecule is Clc1ccc([C@H]2C[C@@H](c3ccccc3)c3ccccc3S2)cc1. The molecule has 2 heteroatoms. The summed E-state index contributed by atoms with van der Waals surface area (Å²) in [5.74, 6) is 0.453. The summed E-state index contributed by atoms with van der Waals surface area (Å²) in [7, 11) is 0. The first-order valence-electron chi connectivity index (χ1n) is 7.87. The van der Waals surface area contributed by atoms with Gasteiger partial charge >= 0.3 is 0 Å². The lowest BCUT2D eigenvalue weighted by molar-refractivity contribution is 0.677. The molecule has 3 aromatic rings. The fourth-order valence-corrected chi connectivity index (χ4v) is 4.82. The molecule has 0 bridgehead atoms. The molecule has 114 valence electrons. The van der Waals surface area contributed by atoms with Crippen LogP contribution in [-0.2, 0) is 0 Å². The lowest BCUT2D eigenvalue weighted by Gasteiger charge is -2.31. The standard InChI is InChI=1S/C21H17ClS/c22-17-12-10-16(11-13-17)21-14-19(15-6-2-1-3-7-15)18-8-4-5-9-20(18)23-21/h1-13,19,21H,14H2/t19-,21+/m0/s1. The van der Waals surface area contributed by atoms with E-state index in [4.69, 9.17) is 11.6 Å². The predicted octanol–water partition coefficient (Wildman–Crippen LogP) is 6.71. The second-order valence-corrected chi connectivity index (χ2v) is 7.58. The number of hydrogen-bond donors (Lipinski definition) is 0. The molecule has 1 aliphatic heterocycles. The molecule has 0 aliphatic carbocycles. The van der Waals surface area contributed by atoms with Crippen molar-refractivity contribution < 1.29 is 0 Å². The first-order valence-corrected chi connectivity index (χ1v) is 9.13. The zero-order chi connectivity index (χ0) is 15.6. The van der Waals surface area contributed by atoms with Gasteiger partial charge < -0.3 is 0 Å². The number of rotatable bonds is 2. The molecule has 1 aliphatic rings. The van der Waals surface area contributed by atoms with Crippen molar-refractivity contribution in [1.29, 1.82) is 0 Å². The normalized spacial score (nSPS) is 20.0. The van der Waals surface area contributed by atoms with Crippen molar-refractivity contribution in [2.75, 3.05) is 0 Å². The highest BCUT2D eigenvalue weighted by atomic mass is 35.5. The Morgan fingerprint density at radius 3 is 2.22 bits per heavy atom. The van der Waals surface area contributed by atoms with Crippen molar-refractivity contribution in [3.8, 4) is 0 Å². The second-order valence-electron chi connectivity index (χ2n) is 5.89. The van der Waals surface area contributed by atoms with Crippen LogP contribution in [0.25, 0.3) is 0 Å². The van der Waals surface area contributed by atoms with Crippen molar-refractivity contribution in [3.05, 3.63) is 101 Å². The zero-order valence-electron chi connectivity index (χ0n) is 12.7. The van der Waals surface area contributed by atoms with E-state index >= 15 is 0 Å². The molecule has 0 spiro atoms. The average molecular weight is 337 g/mol. The van der Waals surface area contributed by atoms with Crippen LogP contribution in [0.3, 0.4) is 0 Å². The minimum atomic E-state index is 0.453. The number of thioether (sulfide) groups is 1. The Bertz CT molecular complexity index is 796. The Labute approximate surface area is 146 Å². The van der Waals surface area contributed by atoms with Crippen molar-refractivity contribution in [3.63, 3.8) is 0 Å². The van der Waals surface area contributed by atoms with Crippen LogP contribution in [0.4, 0.5) is 0 Å². The Morgan fingerprint density at radius 1 is 0.739 bits per heavy atom. The lowest BCUT2D eigenvalue weighted by atomic mass is 9.85. The first-order chi connectivity index (χ1) is 11.3. The quantitative estimate of drug-likeness (QED) is 0.501. The van der Waals surface area contributed by atoms with Gasteiger partial charge in [0.05, 0.1) is 0 Å². The van der Waals surface area contributed by atoms with Crippen LogP contribution >= 0.6 is 23.4 Å². The summed E-state index contributed by atoms with van der Waals surface area (Å²) in [5, 5.41) is 1.27. The highest BCUT2D eigenvalue weighted by Crippen LogP contribution is 2.51. The van der Waals surface area contributed by atoms with Crippen LogP contribution in [0.2, 0.25) is 5.02 Å². The van der Waals surface area contributed by atoms with Gasteiger partial charge in [0.25, 0.3) is 0 Å². The van der Waals surface area contributed by atoms with Crippen molar-refractivity contribution in [2.45, 2.75) is 22.5 Å². The molecule has 2 atom stereocenters. The van der Waals surface area contributed by atoms with E-state index < -0.39 is 0 Å². The number of hydrogen-bond acceptors (Lipinski definition) is 1. The summed E-state index contributed by atoms with van der Waals surface area (Å²) in [6.45, 7) is 0. The summed E-state index contributed by atoms with van der Waals surface area (Å²) >= 11 is 8.02. The van der Waals surface area contributed by atoms with Crippen molar-refractivity contribution >= 4 is 23.4 Å². The van der Waals surface area contributed by atoms with Gasteiger partial charge in [-0.1, -0.05) is 72.3 Å². The van der Waals surface area contributed by atoms with E-state index in [1.54, 1.807) is 0 Å². The summed E-state index contributed by atoms with van der Waals surface area (Å²) in [4.78, 5) is 1.40. The van der Waals surface area contributed by atoms with Gasteiger partial charge in [0.2, 0.25) is 0 Å². The minimum absolute atomic E-state index is 0.453. The van der Waals surface area contributed by atoms with Gasteiger partial charge in [0.1, 0.15) is 0 Å². The van der Waals surface area contributed by atoms with Crippen LogP contribution in [0.1, 0.15) is 34.3 Å². The molecule has 4 rings (SSSR count). The largest absolute Gasteiger partial charge is 0.118 e. The van der Waals surface area contributed by atoms with E-state index in [2.05, 4.69) is 66.7 Å². The Morgan fingerprint density at radius 2 is 1.43 bits per heavy atom. The number of fused-ring (bicyclic) bond motifs is 1. The Kier molecular flexibility index (Phi) is 4.15.